The molecular weight excluding hydrogens is 328 g/mol. The summed E-state index contributed by atoms with van der Waals surface area (Å²) in [5.74, 6) is 0.740. The van der Waals surface area contributed by atoms with Gasteiger partial charge in [-0.1, -0.05) is 12.1 Å². The molecule has 2 aliphatic rings. The Hall–Kier alpha value is -1.59. The lowest BCUT2D eigenvalue weighted by Crippen LogP contribution is -2.64. The van der Waals surface area contributed by atoms with Crippen molar-refractivity contribution >= 4 is 5.91 Å². The molecule has 0 unspecified atom stereocenters. The monoisotopic (exact) mass is 360 g/mol. The molecule has 2 aliphatic heterocycles. The van der Waals surface area contributed by atoms with Crippen molar-refractivity contribution < 1.29 is 14.6 Å². The van der Waals surface area contributed by atoms with Gasteiger partial charge in [0.05, 0.1) is 6.61 Å². The van der Waals surface area contributed by atoms with Gasteiger partial charge in [0.25, 0.3) is 5.91 Å². The highest BCUT2D eigenvalue weighted by Crippen LogP contribution is 2.42. The number of benzene rings is 1. The average Bonchev–Trinajstić information content (AvgIpc) is 2.60. The highest BCUT2D eigenvalue weighted by atomic mass is 16.5. The van der Waals surface area contributed by atoms with E-state index in [1.165, 1.54) is 0 Å². The summed E-state index contributed by atoms with van der Waals surface area (Å²) in [4.78, 5) is 17.4. The van der Waals surface area contributed by atoms with Gasteiger partial charge in [0.15, 0.2) is 5.60 Å². The fourth-order valence-electron chi connectivity index (χ4n) is 4.60. The maximum atomic E-state index is 13.2. The second-order valence-electron chi connectivity index (χ2n) is 8.55. The van der Waals surface area contributed by atoms with E-state index in [1.54, 1.807) is 0 Å². The molecule has 0 bridgehead atoms. The number of piperidine rings is 2. The number of hydrogen-bond acceptors (Lipinski definition) is 4. The molecule has 0 spiro atoms. The third-order valence-electron chi connectivity index (χ3n) is 6.18. The number of likely N-dealkylation sites (N-methyl/N-ethyl adjacent to an activating group) is 1. The van der Waals surface area contributed by atoms with Gasteiger partial charge in [0, 0.05) is 24.5 Å². The lowest BCUT2D eigenvalue weighted by Gasteiger charge is -2.54. The number of ether oxygens (including phenoxy) is 1. The molecule has 0 aliphatic carbocycles. The second kappa shape index (κ2) is 7.20. The number of aliphatic hydroxyl groups is 1. The third kappa shape index (κ3) is 3.60. The number of fused-ring (bicyclic) bond motifs is 1. The van der Waals surface area contributed by atoms with Crippen LogP contribution in [0.5, 0.6) is 5.75 Å². The summed E-state index contributed by atoms with van der Waals surface area (Å²) in [6.45, 7) is 8.28. The van der Waals surface area contributed by atoms with E-state index in [0.717, 1.165) is 37.1 Å². The fraction of sp³-hybridized carbons (Fsp3) is 0.667. The van der Waals surface area contributed by atoms with Crippen molar-refractivity contribution in [1.29, 1.82) is 0 Å². The summed E-state index contributed by atoms with van der Waals surface area (Å²) in [6.07, 6.45) is 3.01. The number of aliphatic hydroxyl groups excluding tert-OH is 1. The molecule has 26 heavy (non-hydrogen) atoms. The van der Waals surface area contributed by atoms with Crippen molar-refractivity contribution in [2.24, 2.45) is 5.41 Å². The molecule has 0 aromatic heterocycles. The molecule has 1 amide bonds. The van der Waals surface area contributed by atoms with Gasteiger partial charge in [0.1, 0.15) is 5.75 Å². The van der Waals surface area contributed by atoms with Crippen molar-refractivity contribution in [1.82, 2.24) is 9.80 Å². The van der Waals surface area contributed by atoms with Crippen LogP contribution in [-0.2, 0) is 4.79 Å². The van der Waals surface area contributed by atoms with E-state index < -0.39 is 5.60 Å². The zero-order chi connectivity index (χ0) is 18.9. The number of aryl methyl sites for hydroxylation is 1. The summed E-state index contributed by atoms with van der Waals surface area (Å²) in [5, 5.41) is 10.0. The minimum absolute atomic E-state index is 0.0181. The van der Waals surface area contributed by atoms with Crippen LogP contribution >= 0.6 is 0 Å². The lowest BCUT2D eigenvalue weighted by atomic mass is 9.69. The van der Waals surface area contributed by atoms with E-state index in [9.17, 15) is 9.90 Å². The number of likely N-dealkylation sites (tertiary alicyclic amines) is 2. The molecule has 2 saturated heterocycles. The maximum Gasteiger partial charge on any atom is 0.266 e. The van der Waals surface area contributed by atoms with Crippen LogP contribution in [0, 0.1) is 12.3 Å². The Kier molecular flexibility index (Phi) is 5.31. The number of carbonyl (C=O) groups is 1. The number of nitrogens with zero attached hydrogens (tertiary/aromatic N) is 2. The number of carbonyl (C=O) groups excluding carboxylic acids is 1. The van der Waals surface area contributed by atoms with E-state index >= 15 is 0 Å². The van der Waals surface area contributed by atoms with Crippen LogP contribution < -0.4 is 4.74 Å². The Morgan fingerprint density at radius 1 is 1.35 bits per heavy atom. The molecule has 1 aromatic carbocycles. The summed E-state index contributed by atoms with van der Waals surface area (Å²) in [5.41, 5.74) is 0.131. The van der Waals surface area contributed by atoms with Crippen LogP contribution in [0.25, 0.3) is 0 Å². The van der Waals surface area contributed by atoms with Gasteiger partial charge in [-0.3, -0.25) is 4.79 Å². The van der Waals surface area contributed by atoms with Crippen LogP contribution in [0.1, 0.15) is 38.7 Å². The van der Waals surface area contributed by atoms with E-state index in [2.05, 4.69) is 11.9 Å². The van der Waals surface area contributed by atoms with E-state index in [-0.39, 0.29) is 24.0 Å². The zero-order valence-electron chi connectivity index (χ0n) is 16.5. The molecule has 1 N–H and O–H groups in total. The largest absolute Gasteiger partial charge is 0.478 e. The summed E-state index contributed by atoms with van der Waals surface area (Å²) >= 11 is 0. The van der Waals surface area contributed by atoms with Gasteiger partial charge >= 0.3 is 0 Å². The Morgan fingerprint density at radius 3 is 2.81 bits per heavy atom. The predicted octanol–water partition coefficient (Wildman–Crippen LogP) is 2.46. The van der Waals surface area contributed by atoms with Gasteiger partial charge < -0.3 is 19.6 Å². The van der Waals surface area contributed by atoms with Crippen molar-refractivity contribution in [3.63, 3.8) is 0 Å². The summed E-state index contributed by atoms with van der Waals surface area (Å²) in [7, 11) is 2.11. The lowest BCUT2D eigenvalue weighted by molar-refractivity contribution is -0.153. The van der Waals surface area contributed by atoms with Crippen molar-refractivity contribution in [2.45, 2.75) is 51.7 Å². The molecular formula is C21H32N2O3. The topological polar surface area (TPSA) is 53.0 Å². The Labute approximate surface area is 156 Å². The Balaban J connectivity index is 1.73. The molecule has 1 aromatic rings. The number of hydrogen-bond donors (Lipinski definition) is 1. The number of rotatable bonds is 4. The number of amides is 1. The first-order valence-electron chi connectivity index (χ1n) is 9.64. The Bertz CT molecular complexity index is 660. The molecule has 3 rings (SSSR count). The molecule has 2 heterocycles. The Morgan fingerprint density at radius 2 is 2.12 bits per heavy atom. The van der Waals surface area contributed by atoms with Crippen molar-refractivity contribution in [3.8, 4) is 5.75 Å². The summed E-state index contributed by atoms with van der Waals surface area (Å²) in [6, 6.07) is 8.02. The molecule has 5 heteroatoms. The van der Waals surface area contributed by atoms with E-state index in [4.69, 9.17) is 4.74 Å². The van der Waals surface area contributed by atoms with E-state index in [0.29, 0.717) is 13.1 Å². The first-order valence-corrected chi connectivity index (χ1v) is 9.64. The molecule has 2 fully saturated rings. The first kappa shape index (κ1) is 19.2. The maximum absolute atomic E-state index is 13.2. The van der Waals surface area contributed by atoms with Crippen LogP contribution in [0.3, 0.4) is 0 Å². The van der Waals surface area contributed by atoms with Gasteiger partial charge in [-0.15, -0.1) is 0 Å². The molecule has 5 nitrogen and oxygen atoms in total. The molecule has 2 atom stereocenters. The van der Waals surface area contributed by atoms with Gasteiger partial charge in [-0.25, -0.2) is 0 Å². The third-order valence-corrected chi connectivity index (χ3v) is 6.18. The van der Waals surface area contributed by atoms with Gasteiger partial charge in [0.2, 0.25) is 0 Å². The minimum Gasteiger partial charge on any atom is -0.478 e. The molecule has 0 radical (unpaired) electrons. The predicted molar refractivity (Wildman–Crippen MR) is 102 cm³/mol. The SMILES string of the molecule is Cc1cccc(OC(C)(C)C(=O)N2CC[C@@]3(CO)CCCN(C)[C@@H]3C2)c1. The van der Waals surface area contributed by atoms with Crippen LogP contribution in [0.15, 0.2) is 24.3 Å². The van der Waals surface area contributed by atoms with Gasteiger partial charge in [-0.05, 0) is 71.3 Å². The standard InChI is InChI=1S/C21H32N2O3/c1-16-7-5-8-17(13-16)26-20(2,3)19(25)23-12-10-21(15-24)9-6-11-22(4)18(21)14-23/h5,7-8,13,18,24H,6,9-12,14-15H2,1-4H3/t18-,21-/m1/s1. The van der Waals surface area contributed by atoms with Crippen LogP contribution in [0.2, 0.25) is 0 Å². The quantitative estimate of drug-likeness (QED) is 0.896. The van der Waals surface area contributed by atoms with E-state index in [1.807, 2.05) is 49.9 Å². The fourth-order valence-corrected chi connectivity index (χ4v) is 4.60. The average molecular weight is 360 g/mol. The van der Waals surface area contributed by atoms with Crippen molar-refractivity contribution in [3.05, 3.63) is 29.8 Å². The highest BCUT2D eigenvalue weighted by Gasteiger charge is 2.49. The first-order chi connectivity index (χ1) is 12.3. The van der Waals surface area contributed by atoms with Gasteiger partial charge in [-0.2, -0.15) is 0 Å². The van der Waals surface area contributed by atoms with Crippen molar-refractivity contribution in [2.75, 3.05) is 33.3 Å². The summed E-state index contributed by atoms with van der Waals surface area (Å²) < 4.78 is 6.06. The van der Waals surface area contributed by atoms with Crippen LogP contribution in [0.4, 0.5) is 0 Å². The smallest absolute Gasteiger partial charge is 0.266 e. The zero-order valence-corrected chi connectivity index (χ0v) is 16.5. The normalized spacial score (nSPS) is 27.1. The minimum atomic E-state index is -0.916. The van der Waals surface area contributed by atoms with Crippen LogP contribution in [-0.4, -0.2) is 65.7 Å². The highest BCUT2D eigenvalue weighted by molar-refractivity contribution is 5.85. The molecule has 0 saturated carbocycles. The second-order valence-corrected chi connectivity index (χ2v) is 8.55. The molecule has 144 valence electrons.